The molecule has 3 N–H and O–H groups in total. The molecule has 1 atom stereocenters. The van der Waals surface area contributed by atoms with Gasteiger partial charge in [0.05, 0.1) is 19.2 Å². The number of guanidine groups is 1. The largest absolute Gasteiger partial charge is 0.497 e. The van der Waals surface area contributed by atoms with Gasteiger partial charge in [-0.25, -0.2) is 4.99 Å². The molecule has 0 spiro atoms. The summed E-state index contributed by atoms with van der Waals surface area (Å²) in [7, 11) is 1.60. The van der Waals surface area contributed by atoms with Crippen molar-refractivity contribution in [3.05, 3.63) is 59.7 Å². The number of aliphatic hydroxyl groups excluding tert-OH is 1. The summed E-state index contributed by atoms with van der Waals surface area (Å²) >= 11 is 0. The Morgan fingerprint density at radius 1 is 1.10 bits per heavy atom. The lowest BCUT2D eigenvalue weighted by atomic mass is 10.2. The average Bonchev–Trinajstić information content (AvgIpc) is 2.74. The lowest BCUT2D eigenvalue weighted by molar-refractivity contribution is -0.137. The van der Waals surface area contributed by atoms with E-state index in [-0.39, 0.29) is 42.9 Å². The normalized spacial score (nSPS) is 12.5. The summed E-state index contributed by atoms with van der Waals surface area (Å²) in [6.45, 7) is 2.93. The third-order valence-corrected chi connectivity index (χ3v) is 4.03. The lowest BCUT2D eigenvalue weighted by Gasteiger charge is -2.16. The first kappa shape index (κ1) is 26.8. The Kier molecular flexibility index (Phi) is 11.5. The molecule has 2 aromatic rings. The standard InChI is InChI=1S/C21H26F3N3O3.HI/c1-3-25-20(26-12-15-7-9-18(29-2)10-8-15)27-13-17(28)14-30-19-6-4-5-16(11-19)21(22,23)24;/h4-11,17,28H,3,12-14H2,1-2H3,(H2,25,26,27);1H. The summed E-state index contributed by atoms with van der Waals surface area (Å²) in [6.07, 6.45) is -5.38. The van der Waals surface area contributed by atoms with Gasteiger partial charge in [0.25, 0.3) is 0 Å². The number of hydrogen-bond donors (Lipinski definition) is 3. The van der Waals surface area contributed by atoms with Gasteiger partial charge in [-0.15, -0.1) is 24.0 Å². The molecule has 0 aliphatic carbocycles. The second-order valence-corrected chi connectivity index (χ2v) is 6.41. The molecule has 0 aliphatic heterocycles. The number of nitrogens with one attached hydrogen (secondary N) is 2. The van der Waals surface area contributed by atoms with Crippen molar-refractivity contribution in [3.8, 4) is 11.5 Å². The predicted octanol–water partition coefficient (Wildman–Crippen LogP) is 3.83. The lowest BCUT2D eigenvalue weighted by Crippen LogP contribution is -2.42. The fourth-order valence-electron chi connectivity index (χ4n) is 2.47. The number of rotatable bonds is 9. The molecule has 0 bridgehead atoms. The Hall–Kier alpha value is -2.21. The second-order valence-electron chi connectivity index (χ2n) is 6.41. The first-order valence-electron chi connectivity index (χ1n) is 9.45. The number of benzene rings is 2. The third-order valence-electron chi connectivity index (χ3n) is 4.03. The van der Waals surface area contributed by atoms with Crippen LogP contribution in [-0.2, 0) is 12.7 Å². The summed E-state index contributed by atoms with van der Waals surface area (Å²) in [5, 5.41) is 16.1. The van der Waals surface area contributed by atoms with Crippen molar-refractivity contribution < 1.29 is 27.8 Å². The summed E-state index contributed by atoms with van der Waals surface area (Å²) in [5.74, 6) is 1.31. The highest BCUT2D eigenvalue weighted by Crippen LogP contribution is 2.31. The smallest absolute Gasteiger partial charge is 0.416 e. The molecule has 31 heavy (non-hydrogen) atoms. The van der Waals surface area contributed by atoms with Gasteiger partial charge in [0, 0.05) is 13.1 Å². The van der Waals surface area contributed by atoms with E-state index in [1.165, 1.54) is 12.1 Å². The zero-order valence-electron chi connectivity index (χ0n) is 17.3. The van der Waals surface area contributed by atoms with Crippen LogP contribution in [-0.4, -0.2) is 44.0 Å². The maximum absolute atomic E-state index is 12.7. The minimum atomic E-state index is -4.44. The van der Waals surface area contributed by atoms with Crippen molar-refractivity contribution in [1.82, 2.24) is 10.6 Å². The fourth-order valence-corrected chi connectivity index (χ4v) is 2.47. The number of aliphatic imine (C=N–C) groups is 1. The Balaban J connectivity index is 0.00000480. The Labute approximate surface area is 196 Å². The maximum Gasteiger partial charge on any atom is 0.416 e. The van der Waals surface area contributed by atoms with Gasteiger partial charge in [-0.1, -0.05) is 18.2 Å². The molecular weight excluding hydrogens is 526 g/mol. The van der Waals surface area contributed by atoms with E-state index in [0.717, 1.165) is 23.4 Å². The molecule has 2 aromatic carbocycles. The molecule has 6 nitrogen and oxygen atoms in total. The molecule has 0 saturated carbocycles. The van der Waals surface area contributed by atoms with Crippen molar-refractivity contribution in [2.24, 2.45) is 4.99 Å². The number of methoxy groups -OCH3 is 1. The molecule has 0 saturated heterocycles. The van der Waals surface area contributed by atoms with Crippen LogP contribution in [0.15, 0.2) is 53.5 Å². The van der Waals surface area contributed by atoms with Gasteiger partial charge in [-0.3, -0.25) is 0 Å². The first-order chi connectivity index (χ1) is 14.3. The Morgan fingerprint density at radius 3 is 2.42 bits per heavy atom. The van der Waals surface area contributed by atoms with Crippen molar-refractivity contribution in [2.75, 3.05) is 26.8 Å². The average molecular weight is 553 g/mol. The van der Waals surface area contributed by atoms with Crippen LogP contribution in [0.3, 0.4) is 0 Å². The highest BCUT2D eigenvalue weighted by atomic mass is 127. The van der Waals surface area contributed by atoms with Gasteiger partial charge < -0.3 is 25.2 Å². The quantitative estimate of drug-likeness (QED) is 0.250. The van der Waals surface area contributed by atoms with Crippen molar-refractivity contribution >= 4 is 29.9 Å². The molecule has 0 radical (unpaired) electrons. The van der Waals surface area contributed by atoms with Gasteiger partial charge in [0.2, 0.25) is 0 Å². The van der Waals surface area contributed by atoms with Crippen molar-refractivity contribution in [2.45, 2.75) is 25.7 Å². The van der Waals surface area contributed by atoms with E-state index in [9.17, 15) is 18.3 Å². The molecule has 1 unspecified atom stereocenters. The van der Waals surface area contributed by atoms with Crippen LogP contribution in [0.2, 0.25) is 0 Å². The van der Waals surface area contributed by atoms with Crippen molar-refractivity contribution in [1.29, 1.82) is 0 Å². The van der Waals surface area contributed by atoms with Crippen LogP contribution in [0.5, 0.6) is 11.5 Å². The number of halogens is 4. The minimum absolute atomic E-state index is 0. The Bertz CT molecular complexity index is 818. The molecule has 0 amide bonds. The summed E-state index contributed by atoms with van der Waals surface area (Å²) < 4.78 is 48.6. The highest BCUT2D eigenvalue weighted by molar-refractivity contribution is 14.0. The van der Waals surface area contributed by atoms with Crippen LogP contribution in [0.4, 0.5) is 13.2 Å². The molecule has 172 valence electrons. The van der Waals surface area contributed by atoms with Crippen LogP contribution in [0.1, 0.15) is 18.1 Å². The van der Waals surface area contributed by atoms with Gasteiger partial charge in [0.15, 0.2) is 5.96 Å². The summed E-state index contributed by atoms with van der Waals surface area (Å²) in [6, 6.07) is 12.1. The second kappa shape index (κ2) is 13.3. The van der Waals surface area contributed by atoms with Gasteiger partial charge in [-0.05, 0) is 42.8 Å². The van der Waals surface area contributed by atoms with E-state index in [2.05, 4.69) is 15.6 Å². The molecule has 10 heteroatoms. The number of aliphatic hydroxyl groups is 1. The molecule has 0 heterocycles. The molecule has 0 aliphatic rings. The molecule has 0 fully saturated rings. The van der Waals surface area contributed by atoms with Crippen molar-refractivity contribution in [3.63, 3.8) is 0 Å². The first-order valence-corrected chi connectivity index (χ1v) is 9.45. The Morgan fingerprint density at radius 2 is 1.81 bits per heavy atom. The summed E-state index contributed by atoms with van der Waals surface area (Å²) in [5.41, 5.74) is 0.189. The molecule has 0 aromatic heterocycles. The number of hydrogen-bond acceptors (Lipinski definition) is 4. The van der Waals surface area contributed by atoms with Crippen LogP contribution in [0, 0.1) is 0 Å². The maximum atomic E-state index is 12.7. The topological polar surface area (TPSA) is 75.1 Å². The van der Waals surface area contributed by atoms with E-state index in [0.29, 0.717) is 19.0 Å². The van der Waals surface area contributed by atoms with E-state index in [1.807, 2.05) is 31.2 Å². The highest BCUT2D eigenvalue weighted by Gasteiger charge is 2.30. The summed E-state index contributed by atoms with van der Waals surface area (Å²) in [4.78, 5) is 4.44. The van der Waals surface area contributed by atoms with Gasteiger partial charge >= 0.3 is 6.18 Å². The number of nitrogens with zero attached hydrogens (tertiary/aromatic N) is 1. The minimum Gasteiger partial charge on any atom is -0.497 e. The van der Waals surface area contributed by atoms with E-state index in [4.69, 9.17) is 9.47 Å². The van der Waals surface area contributed by atoms with E-state index >= 15 is 0 Å². The van der Waals surface area contributed by atoms with E-state index < -0.39 is 17.8 Å². The van der Waals surface area contributed by atoms with Gasteiger partial charge in [0.1, 0.15) is 24.2 Å². The molecule has 2 rings (SSSR count). The van der Waals surface area contributed by atoms with Crippen LogP contribution in [0.25, 0.3) is 0 Å². The zero-order valence-corrected chi connectivity index (χ0v) is 19.6. The fraction of sp³-hybridized carbons (Fsp3) is 0.381. The number of ether oxygens (including phenoxy) is 2. The van der Waals surface area contributed by atoms with Crippen LogP contribution < -0.4 is 20.1 Å². The third kappa shape index (κ3) is 9.64. The van der Waals surface area contributed by atoms with Crippen LogP contribution >= 0.6 is 24.0 Å². The predicted molar refractivity (Wildman–Crippen MR) is 124 cm³/mol. The molecular formula is C21H27F3IN3O3. The van der Waals surface area contributed by atoms with Gasteiger partial charge in [-0.2, -0.15) is 13.2 Å². The zero-order chi connectivity index (χ0) is 22.0. The SMILES string of the molecule is CCNC(=NCc1ccc(OC)cc1)NCC(O)COc1cccc(C(F)(F)F)c1.I. The van der Waals surface area contributed by atoms with E-state index in [1.54, 1.807) is 7.11 Å². The monoisotopic (exact) mass is 553 g/mol. The number of alkyl halides is 3.